The average Bonchev–Trinajstić information content (AvgIpc) is 2.20. The highest BCUT2D eigenvalue weighted by atomic mass is 79.9. The van der Waals surface area contributed by atoms with Gasteiger partial charge in [0.15, 0.2) is 0 Å². The zero-order valence-corrected chi connectivity index (χ0v) is 11.1. The van der Waals surface area contributed by atoms with Crippen LogP contribution in [0, 0.1) is 0 Å². The molecule has 14 heavy (non-hydrogen) atoms. The molecule has 0 aromatic heterocycles. The Bertz CT molecular complexity index is 116. The van der Waals surface area contributed by atoms with Gasteiger partial charge in [0.2, 0.25) is 6.29 Å². The Hall–Kier alpha value is 0.800. The Kier molecular flexibility index (Phi) is 12.6. The highest BCUT2D eigenvalue weighted by molar-refractivity contribution is 9.09. The molecule has 1 radical (unpaired) electrons. The van der Waals surface area contributed by atoms with E-state index in [4.69, 9.17) is 14.2 Å². The molecule has 0 N–H and O–H groups in total. The van der Waals surface area contributed by atoms with Crippen LogP contribution in [0.25, 0.3) is 0 Å². The first-order valence-electron chi connectivity index (χ1n) is 4.36. The lowest BCUT2D eigenvalue weighted by Crippen LogP contribution is -2.20. The van der Waals surface area contributed by atoms with Gasteiger partial charge >= 0.3 is 0 Å². The van der Waals surface area contributed by atoms with Gasteiger partial charge in [0.25, 0.3) is 0 Å². The van der Waals surface area contributed by atoms with Crippen LogP contribution in [0.4, 0.5) is 0 Å². The van der Waals surface area contributed by atoms with E-state index in [2.05, 4.69) is 31.9 Å². The van der Waals surface area contributed by atoms with Crippen molar-refractivity contribution in [2.24, 2.45) is 0 Å². The molecule has 0 aliphatic carbocycles. The Morgan fingerprint density at radius 2 is 1.57 bits per heavy atom. The zero-order valence-electron chi connectivity index (χ0n) is 7.92. The first-order chi connectivity index (χ1) is 6.81. The van der Waals surface area contributed by atoms with E-state index in [9.17, 15) is 5.11 Å². The van der Waals surface area contributed by atoms with Crippen molar-refractivity contribution < 1.29 is 19.3 Å². The van der Waals surface area contributed by atoms with Crippen LogP contribution in [0.2, 0.25) is 0 Å². The quantitative estimate of drug-likeness (QED) is 0.346. The van der Waals surface area contributed by atoms with Crippen LogP contribution in [-0.4, -0.2) is 50.0 Å². The molecule has 85 valence electrons. The molecule has 0 fully saturated rings. The second-order valence-electron chi connectivity index (χ2n) is 2.37. The lowest BCUT2D eigenvalue weighted by molar-refractivity contribution is -0.170. The van der Waals surface area contributed by atoms with Crippen LogP contribution in [0.3, 0.4) is 0 Å². The molecule has 0 aliphatic heterocycles. The third-order valence-electron chi connectivity index (χ3n) is 1.23. The van der Waals surface area contributed by atoms with Crippen LogP contribution in [-0.2, 0) is 19.3 Å². The monoisotopic (exact) mass is 333 g/mol. The van der Waals surface area contributed by atoms with E-state index in [1.807, 2.05) is 0 Å². The largest absolute Gasteiger partial charge is 0.378 e. The van der Waals surface area contributed by atoms with Crippen molar-refractivity contribution in [2.75, 3.05) is 43.7 Å². The third kappa shape index (κ3) is 10.9. The van der Waals surface area contributed by atoms with Gasteiger partial charge in [0, 0.05) is 10.7 Å². The first kappa shape index (κ1) is 14.8. The normalized spacial score (nSPS) is 13.1. The number of hydrogen-bond acceptors (Lipinski definition) is 3. The van der Waals surface area contributed by atoms with Gasteiger partial charge in [0.1, 0.15) is 6.61 Å². The van der Waals surface area contributed by atoms with E-state index in [0.29, 0.717) is 31.8 Å². The average molecular weight is 335 g/mol. The summed E-state index contributed by atoms with van der Waals surface area (Å²) in [5.74, 6) is 0. The third-order valence-corrected chi connectivity index (χ3v) is 1.88. The Morgan fingerprint density at radius 1 is 0.929 bits per heavy atom. The maximum atomic E-state index is 11.0. The molecule has 0 heterocycles. The molecule has 0 spiro atoms. The number of rotatable bonds is 10. The van der Waals surface area contributed by atoms with E-state index >= 15 is 0 Å². The first-order valence-corrected chi connectivity index (χ1v) is 6.60. The molecule has 0 aromatic rings. The van der Waals surface area contributed by atoms with Crippen molar-refractivity contribution in [3.05, 3.63) is 0 Å². The van der Waals surface area contributed by atoms with Crippen LogP contribution in [0.5, 0.6) is 0 Å². The lowest BCUT2D eigenvalue weighted by Gasteiger charge is -2.09. The van der Waals surface area contributed by atoms with Crippen molar-refractivity contribution in [1.82, 2.24) is 0 Å². The van der Waals surface area contributed by atoms with Crippen LogP contribution >= 0.6 is 31.9 Å². The smallest absolute Gasteiger partial charge is 0.214 e. The van der Waals surface area contributed by atoms with Crippen molar-refractivity contribution in [3.8, 4) is 0 Å². The summed E-state index contributed by atoms with van der Waals surface area (Å²) in [4.78, 5) is 0. The highest BCUT2D eigenvalue weighted by Crippen LogP contribution is 1.92. The summed E-state index contributed by atoms with van der Waals surface area (Å²) in [6.45, 7) is 2.09. The maximum absolute atomic E-state index is 11.0. The fraction of sp³-hybridized carbons (Fsp3) is 1.00. The summed E-state index contributed by atoms with van der Waals surface area (Å²) < 4.78 is 15.0. The van der Waals surface area contributed by atoms with Crippen molar-refractivity contribution in [1.29, 1.82) is 0 Å². The van der Waals surface area contributed by atoms with Crippen LogP contribution in [0.15, 0.2) is 0 Å². The Balaban J connectivity index is 3.02. The lowest BCUT2D eigenvalue weighted by atomic mass is 10.6. The molecule has 0 aromatic carbocycles. The summed E-state index contributed by atoms with van der Waals surface area (Å²) in [5, 5.41) is 12.4. The molecule has 0 saturated heterocycles. The Labute approximate surface area is 101 Å². The molecular weight excluding hydrogens is 320 g/mol. The van der Waals surface area contributed by atoms with Gasteiger partial charge in [-0.1, -0.05) is 31.9 Å². The number of ether oxygens (including phenoxy) is 3. The molecule has 1 unspecified atom stereocenters. The maximum Gasteiger partial charge on any atom is 0.214 e. The summed E-state index contributed by atoms with van der Waals surface area (Å²) in [6.07, 6.45) is -1.09. The van der Waals surface area contributed by atoms with Gasteiger partial charge in [-0.05, 0) is 0 Å². The standard InChI is InChI=1S/C8H15Br2O4/c9-1-3-12-5-6-13-7-8(11)14-4-2-10/h8H,1-7H2. The second-order valence-corrected chi connectivity index (χ2v) is 3.95. The molecule has 0 amide bonds. The topological polar surface area (TPSA) is 47.6 Å². The van der Waals surface area contributed by atoms with Gasteiger partial charge in [-0.15, -0.1) is 0 Å². The van der Waals surface area contributed by atoms with E-state index in [0.717, 1.165) is 5.33 Å². The Morgan fingerprint density at radius 3 is 2.21 bits per heavy atom. The SMILES string of the molecule is [O]C(COCCOCCBr)OCCBr. The summed E-state index contributed by atoms with van der Waals surface area (Å²) in [6, 6.07) is 0. The number of hydrogen-bond donors (Lipinski definition) is 0. The highest BCUT2D eigenvalue weighted by Gasteiger charge is 2.04. The van der Waals surface area contributed by atoms with Crippen LogP contribution < -0.4 is 0 Å². The van der Waals surface area contributed by atoms with E-state index < -0.39 is 6.29 Å². The van der Waals surface area contributed by atoms with E-state index in [1.165, 1.54) is 0 Å². The van der Waals surface area contributed by atoms with E-state index in [-0.39, 0.29) is 6.61 Å². The molecule has 0 bridgehead atoms. The van der Waals surface area contributed by atoms with Gasteiger partial charge in [-0.25, -0.2) is 0 Å². The molecular formula is C8H15Br2O4. The summed E-state index contributed by atoms with van der Waals surface area (Å²) in [5.41, 5.74) is 0. The number of halogens is 2. The second kappa shape index (κ2) is 11.9. The minimum atomic E-state index is -1.09. The minimum absolute atomic E-state index is 0.0741. The van der Waals surface area contributed by atoms with Gasteiger partial charge < -0.3 is 14.2 Å². The molecule has 0 aliphatic rings. The fourth-order valence-electron chi connectivity index (χ4n) is 0.678. The van der Waals surface area contributed by atoms with Crippen molar-refractivity contribution >= 4 is 31.9 Å². The van der Waals surface area contributed by atoms with Gasteiger partial charge in [0.05, 0.1) is 26.4 Å². The van der Waals surface area contributed by atoms with Crippen molar-refractivity contribution in [2.45, 2.75) is 6.29 Å². The predicted octanol–water partition coefficient (Wildman–Crippen LogP) is 1.58. The molecule has 4 nitrogen and oxygen atoms in total. The van der Waals surface area contributed by atoms with Gasteiger partial charge in [-0.3, -0.25) is 0 Å². The predicted molar refractivity (Wildman–Crippen MR) is 59.7 cm³/mol. The summed E-state index contributed by atoms with van der Waals surface area (Å²) >= 11 is 6.39. The van der Waals surface area contributed by atoms with Gasteiger partial charge in [-0.2, -0.15) is 5.11 Å². The van der Waals surface area contributed by atoms with Crippen LogP contribution in [0.1, 0.15) is 0 Å². The molecule has 0 rings (SSSR count). The minimum Gasteiger partial charge on any atom is -0.378 e. The molecule has 6 heteroatoms. The van der Waals surface area contributed by atoms with E-state index in [1.54, 1.807) is 0 Å². The molecule has 0 saturated carbocycles. The summed E-state index contributed by atoms with van der Waals surface area (Å²) in [7, 11) is 0. The number of alkyl halides is 2. The molecule has 1 atom stereocenters. The fourth-order valence-corrected chi connectivity index (χ4v) is 1.09. The van der Waals surface area contributed by atoms with Crippen molar-refractivity contribution in [3.63, 3.8) is 0 Å². The zero-order chi connectivity index (χ0) is 10.6.